The second kappa shape index (κ2) is 9.48. The fraction of sp³-hybridized carbons (Fsp3) is 0.688. The van der Waals surface area contributed by atoms with Gasteiger partial charge in [-0.25, -0.2) is 0 Å². The van der Waals surface area contributed by atoms with Crippen LogP contribution in [0.5, 0.6) is 0 Å². The number of nitrogens with one attached hydrogen (secondary N) is 2. The highest BCUT2D eigenvalue weighted by molar-refractivity contribution is 5.79. The first-order valence-corrected chi connectivity index (χ1v) is 8.13. The summed E-state index contributed by atoms with van der Waals surface area (Å²) < 4.78 is 7.54. The molecule has 1 aromatic rings. The average molecular weight is 307 g/mol. The number of nitrogens with zero attached hydrogens (tertiary/aromatic N) is 3. The van der Waals surface area contributed by atoms with Gasteiger partial charge in [0.05, 0.1) is 13.2 Å². The SMILES string of the molecule is CN=C(NCCn1cccc1)NCC(C)CN1CCOCC1. The Morgan fingerprint density at radius 2 is 1.95 bits per heavy atom. The van der Waals surface area contributed by atoms with Crippen molar-refractivity contribution in [3.05, 3.63) is 24.5 Å². The van der Waals surface area contributed by atoms with Crippen LogP contribution in [-0.4, -0.2) is 68.4 Å². The van der Waals surface area contributed by atoms with Gasteiger partial charge in [-0.3, -0.25) is 9.89 Å². The lowest BCUT2D eigenvalue weighted by Crippen LogP contribution is -2.44. The Bertz CT molecular complexity index is 426. The molecule has 1 fully saturated rings. The van der Waals surface area contributed by atoms with E-state index in [1.807, 2.05) is 19.2 Å². The van der Waals surface area contributed by atoms with Crippen molar-refractivity contribution in [3.63, 3.8) is 0 Å². The van der Waals surface area contributed by atoms with Gasteiger partial charge in [0.1, 0.15) is 0 Å². The van der Waals surface area contributed by atoms with Gasteiger partial charge in [-0.2, -0.15) is 0 Å². The molecule has 1 saturated heterocycles. The standard InChI is InChI=1S/C16H29N5O/c1-15(14-21-9-11-22-12-10-21)13-19-16(17-2)18-5-8-20-6-3-4-7-20/h3-4,6-7,15H,5,8-14H2,1-2H3,(H2,17,18,19). The normalized spacial score (nSPS) is 18.2. The zero-order chi connectivity index (χ0) is 15.6. The fourth-order valence-corrected chi connectivity index (χ4v) is 2.60. The molecule has 1 unspecified atom stereocenters. The molecule has 6 nitrogen and oxygen atoms in total. The molecule has 0 spiro atoms. The first-order valence-electron chi connectivity index (χ1n) is 8.13. The average Bonchev–Trinajstić information content (AvgIpc) is 3.05. The Morgan fingerprint density at radius 3 is 2.64 bits per heavy atom. The smallest absolute Gasteiger partial charge is 0.191 e. The molecule has 1 aliphatic heterocycles. The number of rotatable bonds is 7. The van der Waals surface area contributed by atoms with Gasteiger partial charge in [-0.15, -0.1) is 0 Å². The number of guanidine groups is 1. The monoisotopic (exact) mass is 307 g/mol. The van der Waals surface area contributed by atoms with Crippen LogP contribution >= 0.6 is 0 Å². The molecule has 2 rings (SSSR count). The van der Waals surface area contributed by atoms with Crippen molar-refractivity contribution in [2.75, 3.05) is 53.0 Å². The van der Waals surface area contributed by atoms with Crippen LogP contribution in [0.25, 0.3) is 0 Å². The number of hydrogen-bond donors (Lipinski definition) is 2. The summed E-state index contributed by atoms with van der Waals surface area (Å²) >= 11 is 0. The topological polar surface area (TPSA) is 53.8 Å². The molecule has 0 saturated carbocycles. The number of aliphatic imine (C=N–C) groups is 1. The third-order valence-corrected chi connectivity index (χ3v) is 3.84. The summed E-state index contributed by atoms with van der Waals surface area (Å²) in [6, 6.07) is 4.08. The Morgan fingerprint density at radius 1 is 1.23 bits per heavy atom. The van der Waals surface area contributed by atoms with Crippen molar-refractivity contribution >= 4 is 5.96 Å². The van der Waals surface area contributed by atoms with Gasteiger partial charge in [0.15, 0.2) is 5.96 Å². The molecule has 0 aromatic carbocycles. The van der Waals surface area contributed by atoms with Crippen molar-refractivity contribution in [2.24, 2.45) is 10.9 Å². The van der Waals surface area contributed by atoms with Crippen molar-refractivity contribution in [2.45, 2.75) is 13.5 Å². The van der Waals surface area contributed by atoms with E-state index in [4.69, 9.17) is 4.74 Å². The summed E-state index contributed by atoms with van der Waals surface area (Å²) in [4.78, 5) is 6.75. The predicted octanol–water partition coefficient (Wildman–Crippen LogP) is 0.621. The predicted molar refractivity (Wildman–Crippen MR) is 90.2 cm³/mol. The van der Waals surface area contributed by atoms with E-state index >= 15 is 0 Å². The summed E-state index contributed by atoms with van der Waals surface area (Å²) in [7, 11) is 1.82. The molecule has 22 heavy (non-hydrogen) atoms. The molecule has 2 N–H and O–H groups in total. The molecule has 0 bridgehead atoms. The van der Waals surface area contributed by atoms with Crippen LogP contribution in [-0.2, 0) is 11.3 Å². The zero-order valence-corrected chi connectivity index (χ0v) is 13.8. The first kappa shape index (κ1) is 16.8. The minimum Gasteiger partial charge on any atom is -0.379 e. The zero-order valence-electron chi connectivity index (χ0n) is 13.8. The number of ether oxygens (including phenoxy) is 1. The van der Waals surface area contributed by atoms with Gasteiger partial charge >= 0.3 is 0 Å². The molecule has 0 aliphatic carbocycles. The molecular weight excluding hydrogens is 278 g/mol. The van der Waals surface area contributed by atoms with E-state index in [1.165, 1.54) is 0 Å². The Kier molecular flexibility index (Phi) is 7.25. The quantitative estimate of drug-likeness (QED) is 0.573. The van der Waals surface area contributed by atoms with Crippen LogP contribution in [0.2, 0.25) is 0 Å². The molecule has 124 valence electrons. The number of morpholine rings is 1. The fourth-order valence-electron chi connectivity index (χ4n) is 2.60. The molecule has 0 amide bonds. The van der Waals surface area contributed by atoms with E-state index in [0.29, 0.717) is 5.92 Å². The maximum atomic E-state index is 5.38. The lowest BCUT2D eigenvalue weighted by Gasteiger charge is -2.29. The second-order valence-corrected chi connectivity index (χ2v) is 5.82. The summed E-state index contributed by atoms with van der Waals surface area (Å²) in [5, 5.41) is 6.76. The van der Waals surface area contributed by atoms with Crippen molar-refractivity contribution < 1.29 is 4.74 Å². The van der Waals surface area contributed by atoms with Crippen molar-refractivity contribution in [1.82, 2.24) is 20.1 Å². The summed E-state index contributed by atoms with van der Waals surface area (Å²) in [6.07, 6.45) is 4.14. The van der Waals surface area contributed by atoms with E-state index in [0.717, 1.165) is 58.4 Å². The van der Waals surface area contributed by atoms with E-state index in [9.17, 15) is 0 Å². The maximum Gasteiger partial charge on any atom is 0.191 e. The summed E-state index contributed by atoms with van der Waals surface area (Å²) in [5.41, 5.74) is 0. The van der Waals surface area contributed by atoms with E-state index < -0.39 is 0 Å². The molecule has 1 aromatic heterocycles. The molecule has 2 heterocycles. The molecule has 6 heteroatoms. The van der Waals surface area contributed by atoms with E-state index in [-0.39, 0.29) is 0 Å². The maximum absolute atomic E-state index is 5.38. The first-order chi connectivity index (χ1) is 10.8. The van der Waals surface area contributed by atoms with Crippen molar-refractivity contribution in [3.8, 4) is 0 Å². The van der Waals surface area contributed by atoms with E-state index in [2.05, 4.69) is 44.4 Å². The third-order valence-electron chi connectivity index (χ3n) is 3.84. The minimum absolute atomic E-state index is 0.584. The summed E-state index contributed by atoms with van der Waals surface area (Å²) in [6.45, 7) is 9.95. The van der Waals surface area contributed by atoms with Gasteiger partial charge in [-0.1, -0.05) is 6.92 Å². The van der Waals surface area contributed by atoms with Gasteiger partial charge < -0.3 is 19.9 Å². The largest absolute Gasteiger partial charge is 0.379 e. The highest BCUT2D eigenvalue weighted by atomic mass is 16.5. The molecular formula is C16H29N5O. The third kappa shape index (κ3) is 6.07. The Balaban J connectivity index is 1.60. The minimum atomic E-state index is 0.584. The van der Waals surface area contributed by atoms with Gasteiger partial charge in [-0.05, 0) is 18.1 Å². The van der Waals surface area contributed by atoms with Gasteiger partial charge in [0.25, 0.3) is 0 Å². The highest BCUT2D eigenvalue weighted by Crippen LogP contribution is 2.02. The number of hydrogen-bond acceptors (Lipinski definition) is 3. The Labute approximate surface area is 133 Å². The Hall–Kier alpha value is -1.53. The lowest BCUT2D eigenvalue weighted by atomic mass is 10.1. The van der Waals surface area contributed by atoms with Crippen LogP contribution in [0.15, 0.2) is 29.5 Å². The second-order valence-electron chi connectivity index (χ2n) is 5.82. The molecule has 1 aliphatic rings. The van der Waals surface area contributed by atoms with Gasteiger partial charge in [0, 0.05) is 58.7 Å². The van der Waals surface area contributed by atoms with Crippen LogP contribution in [0.4, 0.5) is 0 Å². The highest BCUT2D eigenvalue weighted by Gasteiger charge is 2.13. The van der Waals surface area contributed by atoms with Crippen LogP contribution in [0, 0.1) is 5.92 Å². The molecule has 1 atom stereocenters. The summed E-state index contributed by atoms with van der Waals surface area (Å²) in [5.74, 6) is 1.46. The van der Waals surface area contributed by atoms with Gasteiger partial charge in [0.2, 0.25) is 0 Å². The van der Waals surface area contributed by atoms with Crippen LogP contribution in [0.1, 0.15) is 6.92 Å². The van der Waals surface area contributed by atoms with Crippen molar-refractivity contribution in [1.29, 1.82) is 0 Å². The number of aromatic nitrogens is 1. The lowest BCUT2D eigenvalue weighted by molar-refractivity contribution is 0.0320. The van der Waals surface area contributed by atoms with E-state index in [1.54, 1.807) is 0 Å². The molecule has 0 radical (unpaired) electrons. The van der Waals surface area contributed by atoms with Crippen LogP contribution in [0.3, 0.4) is 0 Å². The van der Waals surface area contributed by atoms with Crippen LogP contribution < -0.4 is 10.6 Å².